The van der Waals surface area contributed by atoms with Gasteiger partial charge in [0.05, 0.1) is 21.8 Å². The van der Waals surface area contributed by atoms with Gasteiger partial charge in [0.2, 0.25) is 0 Å². The molecule has 1 aliphatic heterocycles. The van der Waals surface area contributed by atoms with E-state index in [0.717, 1.165) is 25.9 Å². The van der Waals surface area contributed by atoms with Crippen molar-refractivity contribution in [2.75, 3.05) is 38.1 Å². The number of piperidine rings is 1. The molecule has 0 spiro atoms. The normalized spacial score (nSPS) is 14.5. The molecule has 0 bridgehead atoms. The standard InChI is InChI=1S/C27H30ClN5O4/c1-2-30-27(35)32-23-7-6-20(13-22(23)28)37-25-8-9-31-24-14-26(18(15-29)12-21(24)25)36-17-19(34)16-33-10-4-3-5-11-33/h6-9,12-14,19,34H,2-5,10-11,16-17H2,1H3,(H2,30,32,35)/t19-/m0/s1. The minimum Gasteiger partial charge on any atom is -0.489 e. The molecule has 2 heterocycles. The lowest BCUT2D eigenvalue weighted by Crippen LogP contribution is -2.38. The van der Waals surface area contributed by atoms with E-state index in [4.69, 9.17) is 21.1 Å². The average molecular weight is 524 g/mol. The van der Waals surface area contributed by atoms with Crippen molar-refractivity contribution >= 4 is 34.2 Å². The van der Waals surface area contributed by atoms with Crippen LogP contribution in [0.3, 0.4) is 0 Å². The van der Waals surface area contributed by atoms with E-state index in [0.29, 0.717) is 57.5 Å². The van der Waals surface area contributed by atoms with Gasteiger partial charge in [0.15, 0.2) is 0 Å². The Morgan fingerprint density at radius 3 is 2.76 bits per heavy atom. The fourth-order valence-corrected chi connectivity index (χ4v) is 4.46. The van der Waals surface area contributed by atoms with Crippen molar-refractivity contribution in [2.45, 2.75) is 32.3 Å². The molecule has 1 aromatic heterocycles. The Balaban J connectivity index is 1.48. The first kappa shape index (κ1) is 26.5. The van der Waals surface area contributed by atoms with Gasteiger partial charge in [-0.3, -0.25) is 4.98 Å². The highest BCUT2D eigenvalue weighted by molar-refractivity contribution is 6.33. The molecule has 2 amide bonds. The van der Waals surface area contributed by atoms with Crippen LogP contribution in [-0.4, -0.2) is 59.9 Å². The first-order valence-corrected chi connectivity index (χ1v) is 12.7. The Bertz CT molecular complexity index is 1290. The third-order valence-corrected chi connectivity index (χ3v) is 6.34. The van der Waals surface area contributed by atoms with E-state index in [1.165, 1.54) is 6.42 Å². The maximum Gasteiger partial charge on any atom is 0.319 e. The second-order valence-corrected chi connectivity index (χ2v) is 9.25. The van der Waals surface area contributed by atoms with Crippen LogP contribution in [0.25, 0.3) is 10.9 Å². The van der Waals surface area contributed by atoms with E-state index >= 15 is 0 Å². The van der Waals surface area contributed by atoms with E-state index < -0.39 is 6.10 Å². The molecule has 0 saturated carbocycles. The van der Waals surface area contributed by atoms with E-state index in [1.54, 1.807) is 42.6 Å². The molecule has 1 aliphatic rings. The number of amides is 2. The summed E-state index contributed by atoms with van der Waals surface area (Å²) in [6.45, 7) is 4.93. The third kappa shape index (κ3) is 7.01. The number of nitrogens with one attached hydrogen (secondary N) is 2. The quantitative estimate of drug-likeness (QED) is 0.364. The number of rotatable bonds is 9. The van der Waals surface area contributed by atoms with Gasteiger partial charge in [-0.15, -0.1) is 0 Å². The van der Waals surface area contributed by atoms with E-state index in [-0.39, 0.29) is 12.6 Å². The van der Waals surface area contributed by atoms with E-state index in [9.17, 15) is 15.2 Å². The summed E-state index contributed by atoms with van der Waals surface area (Å²) in [5.41, 5.74) is 1.35. The second-order valence-electron chi connectivity index (χ2n) is 8.84. The Hall–Kier alpha value is -3.58. The highest BCUT2D eigenvalue weighted by Gasteiger charge is 2.17. The summed E-state index contributed by atoms with van der Waals surface area (Å²) >= 11 is 6.33. The number of nitrogens with zero attached hydrogens (tertiary/aromatic N) is 3. The number of urea groups is 1. The summed E-state index contributed by atoms with van der Waals surface area (Å²) in [7, 11) is 0. The smallest absolute Gasteiger partial charge is 0.319 e. The summed E-state index contributed by atoms with van der Waals surface area (Å²) in [4.78, 5) is 18.4. The summed E-state index contributed by atoms with van der Waals surface area (Å²) in [5.74, 6) is 1.30. The fraction of sp³-hybridized carbons (Fsp3) is 0.370. The second kappa shape index (κ2) is 12.6. The number of ether oxygens (including phenoxy) is 2. The fourth-order valence-electron chi connectivity index (χ4n) is 4.24. The predicted molar refractivity (Wildman–Crippen MR) is 142 cm³/mol. The molecule has 1 atom stereocenters. The molecule has 1 saturated heterocycles. The van der Waals surface area contributed by atoms with Crippen LogP contribution >= 0.6 is 11.6 Å². The van der Waals surface area contributed by atoms with Gasteiger partial charge in [0.25, 0.3) is 0 Å². The molecule has 3 aromatic rings. The first-order valence-electron chi connectivity index (χ1n) is 12.3. The number of pyridine rings is 1. The highest BCUT2D eigenvalue weighted by atomic mass is 35.5. The number of halogens is 1. The van der Waals surface area contributed by atoms with Crippen LogP contribution in [0.5, 0.6) is 17.2 Å². The Kier molecular flexibility index (Phi) is 9.01. The Morgan fingerprint density at radius 2 is 2.03 bits per heavy atom. The van der Waals surface area contributed by atoms with Crippen molar-refractivity contribution in [1.29, 1.82) is 5.26 Å². The number of carbonyl (C=O) groups is 1. The minimum atomic E-state index is -0.654. The van der Waals surface area contributed by atoms with E-state index in [2.05, 4.69) is 26.6 Å². The number of hydrogen-bond donors (Lipinski definition) is 3. The number of β-amino-alcohol motifs (C(OH)–C–C–N with tert-alkyl or cyclic N) is 1. The molecule has 10 heteroatoms. The molecule has 9 nitrogen and oxygen atoms in total. The van der Waals surface area contributed by atoms with Crippen LogP contribution in [-0.2, 0) is 0 Å². The molecule has 4 rings (SSSR count). The number of carbonyl (C=O) groups excluding carboxylic acids is 1. The monoisotopic (exact) mass is 523 g/mol. The van der Waals surface area contributed by atoms with Gasteiger partial charge in [0.1, 0.15) is 36.0 Å². The number of fused-ring (bicyclic) bond motifs is 1. The molecule has 37 heavy (non-hydrogen) atoms. The number of aliphatic hydroxyl groups excluding tert-OH is 1. The van der Waals surface area contributed by atoms with Crippen molar-refractivity contribution in [1.82, 2.24) is 15.2 Å². The lowest BCUT2D eigenvalue weighted by molar-refractivity contribution is 0.0617. The maximum atomic E-state index is 11.8. The Labute approximate surface area is 221 Å². The number of nitriles is 1. The van der Waals surface area contributed by atoms with Crippen molar-refractivity contribution in [3.8, 4) is 23.3 Å². The van der Waals surface area contributed by atoms with Crippen LogP contribution in [0, 0.1) is 11.3 Å². The van der Waals surface area contributed by atoms with Gasteiger partial charge in [-0.25, -0.2) is 4.79 Å². The SMILES string of the molecule is CCNC(=O)Nc1ccc(Oc2ccnc3cc(OC[C@@H](O)CN4CCCCC4)c(C#N)cc23)cc1Cl. The zero-order chi connectivity index (χ0) is 26.2. The van der Waals surface area contributed by atoms with Crippen molar-refractivity contribution in [2.24, 2.45) is 0 Å². The van der Waals surface area contributed by atoms with E-state index in [1.807, 2.05) is 6.92 Å². The van der Waals surface area contributed by atoms with Crippen LogP contribution in [0.4, 0.5) is 10.5 Å². The lowest BCUT2D eigenvalue weighted by atomic mass is 10.1. The zero-order valence-corrected chi connectivity index (χ0v) is 21.4. The molecule has 0 aliphatic carbocycles. The third-order valence-electron chi connectivity index (χ3n) is 6.03. The van der Waals surface area contributed by atoms with Gasteiger partial charge in [-0.1, -0.05) is 18.0 Å². The van der Waals surface area contributed by atoms with Crippen LogP contribution in [0.15, 0.2) is 42.6 Å². The molecule has 194 valence electrons. The molecule has 2 aromatic carbocycles. The van der Waals surface area contributed by atoms with Gasteiger partial charge in [-0.2, -0.15) is 5.26 Å². The number of anilines is 1. The van der Waals surface area contributed by atoms with Crippen LogP contribution in [0.1, 0.15) is 31.7 Å². The summed E-state index contributed by atoms with van der Waals surface area (Å²) in [6.07, 6.45) is 4.48. The zero-order valence-electron chi connectivity index (χ0n) is 20.7. The molecule has 1 fully saturated rings. The molecule has 0 unspecified atom stereocenters. The molecular weight excluding hydrogens is 494 g/mol. The van der Waals surface area contributed by atoms with Crippen LogP contribution < -0.4 is 20.1 Å². The lowest BCUT2D eigenvalue weighted by Gasteiger charge is -2.28. The Morgan fingerprint density at radius 1 is 1.22 bits per heavy atom. The molecule has 3 N–H and O–H groups in total. The van der Waals surface area contributed by atoms with Gasteiger partial charge in [0, 0.05) is 36.8 Å². The van der Waals surface area contributed by atoms with Gasteiger partial charge in [-0.05, 0) is 57.1 Å². The molecule has 0 radical (unpaired) electrons. The van der Waals surface area contributed by atoms with Crippen molar-refractivity contribution in [3.05, 3.63) is 53.2 Å². The maximum absolute atomic E-state index is 11.8. The number of aliphatic hydroxyl groups is 1. The van der Waals surface area contributed by atoms with Gasteiger partial charge >= 0.3 is 6.03 Å². The number of aromatic nitrogens is 1. The van der Waals surface area contributed by atoms with Gasteiger partial charge < -0.3 is 30.1 Å². The van der Waals surface area contributed by atoms with Crippen LogP contribution in [0.2, 0.25) is 5.02 Å². The predicted octanol–water partition coefficient (Wildman–Crippen LogP) is 4.92. The van der Waals surface area contributed by atoms with Crippen molar-refractivity contribution in [3.63, 3.8) is 0 Å². The largest absolute Gasteiger partial charge is 0.489 e. The summed E-state index contributed by atoms with van der Waals surface area (Å²) < 4.78 is 11.9. The highest BCUT2D eigenvalue weighted by Crippen LogP contribution is 2.35. The topological polar surface area (TPSA) is 120 Å². The summed E-state index contributed by atoms with van der Waals surface area (Å²) in [5, 5.41) is 26.5. The average Bonchev–Trinajstić information content (AvgIpc) is 2.89. The number of benzene rings is 2. The first-order chi connectivity index (χ1) is 18.0. The number of hydrogen-bond acceptors (Lipinski definition) is 7. The van der Waals surface area contributed by atoms with Crippen molar-refractivity contribution < 1.29 is 19.4 Å². The minimum absolute atomic E-state index is 0.0854. The number of likely N-dealkylation sites (tertiary alicyclic amines) is 1. The molecular formula is C27H30ClN5O4. The summed E-state index contributed by atoms with van der Waals surface area (Å²) in [6, 6.07) is 11.8.